The largest absolute Gasteiger partial charge is 0.0801 e. The second kappa shape index (κ2) is 2.88. The summed E-state index contributed by atoms with van der Waals surface area (Å²) in [5.41, 5.74) is 0. The van der Waals surface area contributed by atoms with Gasteiger partial charge in [0.05, 0.1) is 0 Å². The molecule has 0 amide bonds. The van der Waals surface area contributed by atoms with Crippen molar-refractivity contribution >= 4 is 7.92 Å². The summed E-state index contributed by atoms with van der Waals surface area (Å²) in [6.45, 7) is 0. The number of rotatable bonds is 1. The number of allylic oxidation sites excluding steroid dienone is 4. The summed E-state index contributed by atoms with van der Waals surface area (Å²) in [7, 11) is 0.352. The topological polar surface area (TPSA) is 0 Å². The fraction of sp³-hybridized carbons (Fsp3) is 0.556. The normalized spacial score (nSPS) is 25.8. The van der Waals surface area contributed by atoms with Gasteiger partial charge in [-0.2, -0.15) is 0 Å². The maximum Gasteiger partial charge on any atom is -0.00899 e. The van der Waals surface area contributed by atoms with Crippen molar-refractivity contribution in [2.24, 2.45) is 0 Å². The van der Waals surface area contributed by atoms with E-state index in [9.17, 15) is 0 Å². The molecule has 1 heteroatoms. The number of hydrogen-bond donors (Lipinski definition) is 0. The zero-order valence-electron chi connectivity index (χ0n) is 6.21. The molecule has 0 aromatic carbocycles. The van der Waals surface area contributed by atoms with Crippen molar-refractivity contribution in [3.63, 3.8) is 0 Å². The van der Waals surface area contributed by atoms with Gasteiger partial charge in [-0.3, -0.25) is 0 Å². The van der Waals surface area contributed by atoms with Gasteiger partial charge in [0.15, 0.2) is 0 Å². The van der Waals surface area contributed by atoms with Crippen molar-refractivity contribution in [1.29, 1.82) is 0 Å². The van der Waals surface area contributed by atoms with E-state index in [0.717, 1.165) is 0 Å². The predicted octanol–water partition coefficient (Wildman–Crippen LogP) is 3.11. The first-order valence-corrected chi connectivity index (χ1v) is 5.79. The van der Waals surface area contributed by atoms with Crippen LogP contribution in [0.2, 0.25) is 0 Å². The Morgan fingerprint density at radius 3 is 2.60 bits per heavy atom. The molecule has 54 valence electrons. The minimum atomic E-state index is 0.352. The molecule has 1 saturated heterocycles. The van der Waals surface area contributed by atoms with Gasteiger partial charge in [-0.15, -0.1) is 0 Å². The van der Waals surface area contributed by atoms with E-state index in [-0.39, 0.29) is 0 Å². The van der Waals surface area contributed by atoms with Crippen LogP contribution < -0.4 is 0 Å². The Morgan fingerprint density at radius 2 is 2.00 bits per heavy atom. The van der Waals surface area contributed by atoms with Crippen LogP contribution in [-0.2, 0) is 0 Å². The van der Waals surface area contributed by atoms with Crippen LogP contribution in [0, 0.1) is 0 Å². The molecule has 1 fully saturated rings. The van der Waals surface area contributed by atoms with Crippen molar-refractivity contribution in [3.05, 3.63) is 23.5 Å². The molecule has 1 aliphatic carbocycles. The maximum atomic E-state index is 2.34. The molecule has 0 aromatic rings. The van der Waals surface area contributed by atoms with Crippen LogP contribution in [0.25, 0.3) is 0 Å². The van der Waals surface area contributed by atoms with Crippen LogP contribution in [0.4, 0.5) is 0 Å². The highest BCUT2D eigenvalue weighted by Gasteiger charge is 2.18. The van der Waals surface area contributed by atoms with Crippen LogP contribution in [0.3, 0.4) is 0 Å². The van der Waals surface area contributed by atoms with Crippen molar-refractivity contribution in [3.8, 4) is 0 Å². The van der Waals surface area contributed by atoms with Gasteiger partial charge in [0.1, 0.15) is 0 Å². The smallest absolute Gasteiger partial charge is 0.00899 e. The van der Waals surface area contributed by atoms with Gasteiger partial charge in [0.2, 0.25) is 0 Å². The van der Waals surface area contributed by atoms with Crippen molar-refractivity contribution < 1.29 is 0 Å². The fourth-order valence-corrected chi connectivity index (χ4v) is 4.34. The molecule has 1 heterocycles. The minimum Gasteiger partial charge on any atom is -0.0801 e. The third kappa shape index (κ3) is 1.18. The summed E-state index contributed by atoms with van der Waals surface area (Å²) >= 11 is 0. The first-order chi connectivity index (χ1) is 4.97. The monoisotopic (exact) mass is 152 g/mol. The van der Waals surface area contributed by atoms with Crippen molar-refractivity contribution in [1.82, 2.24) is 0 Å². The summed E-state index contributed by atoms with van der Waals surface area (Å²) in [5.74, 6) is 0. The second-order valence-electron chi connectivity index (χ2n) is 2.98. The quantitative estimate of drug-likeness (QED) is 0.506. The van der Waals surface area contributed by atoms with E-state index < -0.39 is 0 Å². The van der Waals surface area contributed by atoms with Crippen LogP contribution in [-0.4, -0.2) is 12.3 Å². The molecule has 0 N–H and O–H groups in total. The Labute approximate surface area is 63.8 Å². The molecule has 2 rings (SSSR count). The Balaban J connectivity index is 1.99. The lowest BCUT2D eigenvalue weighted by Crippen LogP contribution is -1.78. The van der Waals surface area contributed by atoms with Crippen molar-refractivity contribution in [2.45, 2.75) is 19.3 Å². The summed E-state index contributed by atoms with van der Waals surface area (Å²) in [6.07, 6.45) is 14.1. The Hall–Kier alpha value is -0.0900. The van der Waals surface area contributed by atoms with Crippen LogP contribution in [0.5, 0.6) is 0 Å². The summed E-state index contributed by atoms with van der Waals surface area (Å²) in [4.78, 5) is 0. The van der Waals surface area contributed by atoms with Crippen LogP contribution >= 0.6 is 7.92 Å². The summed E-state index contributed by atoms with van der Waals surface area (Å²) in [6, 6.07) is 0. The van der Waals surface area contributed by atoms with E-state index in [1.807, 2.05) is 0 Å². The van der Waals surface area contributed by atoms with E-state index in [0.29, 0.717) is 7.92 Å². The average molecular weight is 152 g/mol. The molecular formula is C9H13P. The molecule has 0 atom stereocenters. The molecular weight excluding hydrogens is 139 g/mol. The highest BCUT2D eigenvalue weighted by molar-refractivity contribution is 7.62. The van der Waals surface area contributed by atoms with E-state index >= 15 is 0 Å². The zero-order chi connectivity index (χ0) is 6.81. The van der Waals surface area contributed by atoms with Gasteiger partial charge in [-0.05, 0) is 36.9 Å². The molecule has 1 aliphatic heterocycles. The maximum absolute atomic E-state index is 2.34. The highest BCUT2D eigenvalue weighted by Crippen LogP contribution is 2.52. The molecule has 10 heavy (non-hydrogen) atoms. The molecule has 0 nitrogen and oxygen atoms in total. The summed E-state index contributed by atoms with van der Waals surface area (Å²) < 4.78 is 0. The molecule has 0 spiro atoms. The van der Waals surface area contributed by atoms with Gasteiger partial charge in [-0.1, -0.05) is 26.1 Å². The van der Waals surface area contributed by atoms with Crippen LogP contribution in [0.15, 0.2) is 23.5 Å². The predicted molar refractivity (Wildman–Crippen MR) is 47.7 cm³/mol. The fourth-order valence-electron chi connectivity index (χ4n) is 1.67. The van der Waals surface area contributed by atoms with Crippen LogP contribution in [0.1, 0.15) is 19.3 Å². The Bertz CT molecular complexity index is 173. The molecule has 0 saturated carbocycles. The highest BCUT2D eigenvalue weighted by atomic mass is 31.1. The lowest BCUT2D eigenvalue weighted by molar-refractivity contribution is 0.949. The van der Waals surface area contributed by atoms with E-state index in [1.165, 1.54) is 31.6 Å². The van der Waals surface area contributed by atoms with Gasteiger partial charge in [0, 0.05) is 0 Å². The van der Waals surface area contributed by atoms with E-state index in [1.54, 1.807) is 5.31 Å². The average Bonchev–Trinajstić information content (AvgIpc) is 2.59. The van der Waals surface area contributed by atoms with Gasteiger partial charge in [0.25, 0.3) is 0 Å². The third-order valence-corrected chi connectivity index (χ3v) is 5.12. The van der Waals surface area contributed by atoms with Gasteiger partial charge in [-0.25, -0.2) is 0 Å². The molecule has 0 bridgehead atoms. The second-order valence-corrected chi connectivity index (χ2v) is 5.53. The van der Waals surface area contributed by atoms with E-state index in [2.05, 4.69) is 18.2 Å². The van der Waals surface area contributed by atoms with E-state index in [4.69, 9.17) is 0 Å². The molecule has 0 aromatic heterocycles. The Morgan fingerprint density at radius 1 is 1.20 bits per heavy atom. The van der Waals surface area contributed by atoms with Crippen molar-refractivity contribution in [2.75, 3.05) is 12.3 Å². The zero-order valence-corrected chi connectivity index (χ0v) is 7.11. The minimum absolute atomic E-state index is 0.352. The van der Waals surface area contributed by atoms with Gasteiger partial charge < -0.3 is 0 Å². The first-order valence-electron chi connectivity index (χ1n) is 4.07. The molecule has 2 aliphatic rings. The molecule has 0 radical (unpaired) electrons. The number of hydrogen-bond acceptors (Lipinski definition) is 0. The standard InChI is InChI=1S/C9H13P/c1-2-6-9(5-1)10-7-3-4-8-10/h1-2,5H,3-4,6-8H2. The lowest BCUT2D eigenvalue weighted by atomic mass is 10.4. The summed E-state index contributed by atoms with van der Waals surface area (Å²) in [5, 5.41) is 1.76. The molecule has 0 unspecified atom stereocenters. The van der Waals surface area contributed by atoms with Gasteiger partial charge >= 0.3 is 0 Å². The Kier molecular flexibility index (Phi) is 1.90. The lowest BCUT2D eigenvalue weighted by Gasteiger charge is -2.09. The third-order valence-electron chi connectivity index (χ3n) is 2.26. The SMILES string of the molecule is C1=CCC(P2CCCC2)=C1. The first kappa shape index (κ1) is 6.61.